The van der Waals surface area contributed by atoms with Crippen LogP contribution in [0.5, 0.6) is 0 Å². The fraction of sp³-hybridized carbons (Fsp3) is 0.500. The van der Waals surface area contributed by atoms with Gasteiger partial charge in [0.15, 0.2) is 6.61 Å². The summed E-state index contributed by atoms with van der Waals surface area (Å²) in [6.07, 6.45) is 0. The van der Waals surface area contributed by atoms with Gasteiger partial charge in [-0.05, 0) is 11.2 Å². The molecule has 1 aliphatic heterocycles. The van der Waals surface area contributed by atoms with Gasteiger partial charge in [-0.2, -0.15) is 4.67 Å². The first-order valence-corrected chi connectivity index (χ1v) is 4.30. The van der Waals surface area contributed by atoms with E-state index in [1.54, 1.807) is 0 Å². The zero-order valence-electron chi connectivity index (χ0n) is 3.67. The molecule has 0 bridgehead atoms. The lowest BCUT2D eigenvalue weighted by atomic mass is 10.8. The average Bonchev–Trinajstić information content (AvgIpc) is 1.86. The van der Waals surface area contributed by atoms with Crippen molar-refractivity contribution in [2.24, 2.45) is 0 Å². The SMILES string of the molecule is O=C1COOP1(=O)Cl. The van der Waals surface area contributed by atoms with Crippen molar-refractivity contribution in [1.29, 1.82) is 0 Å². The molecule has 0 amide bonds. The molecule has 46 valence electrons. The minimum absolute atomic E-state index is 0.305. The third kappa shape index (κ3) is 0.928. The predicted octanol–water partition coefficient (Wildman–Crippen LogP) is 0.907. The lowest BCUT2D eigenvalue weighted by Gasteiger charge is -1.89. The van der Waals surface area contributed by atoms with Crippen LogP contribution in [0.1, 0.15) is 0 Å². The van der Waals surface area contributed by atoms with E-state index in [4.69, 9.17) is 11.2 Å². The molecule has 0 N–H and O–H groups in total. The lowest BCUT2D eigenvalue weighted by Crippen LogP contribution is -1.90. The summed E-state index contributed by atoms with van der Waals surface area (Å²) < 4.78 is 14.3. The summed E-state index contributed by atoms with van der Waals surface area (Å²) in [6, 6.07) is 0. The number of carbonyl (C=O) groups is 1. The molecule has 0 aromatic heterocycles. The molecule has 0 spiro atoms. The highest BCUT2D eigenvalue weighted by molar-refractivity contribution is 7.98. The van der Waals surface area contributed by atoms with Gasteiger partial charge < -0.3 is 0 Å². The highest BCUT2D eigenvalue weighted by Crippen LogP contribution is 2.56. The molecule has 1 unspecified atom stereocenters. The average molecular weight is 156 g/mol. The molecule has 8 heavy (non-hydrogen) atoms. The maximum atomic E-state index is 10.4. The van der Waals surface area contributed by atoms with Crippen LogP contribution in [0.25, 0.3) is 0 Å². The summed E-state index contributed by atoms with van der Waals surface area (Å²) >= 11 is 4.98. The number of carbonyl (C=O) groups excluding carboxylic acids is 1. The minimum atomic E-state index is -3.52. The Morgan fingerprint density at radius 2 is 2.38 bits per heavy atom. The van der Waals surface area contributed by atoms with E-state index < -0.39 is 12.2 Å². The van der Waals surface area contributed by atoms with Gasteiger partial charge in [0.1, 0.15) is 0 Å². The summed E-state index contributed by atoms with van der Waals surface area (Å²) in [7, 11) is 0. The van der Waals surface area contributed by atoms with Crippen LogP contribution < -0.4 is 0 Å². The van der Waals surface area contributed by atoms with E-state index in [-0.39, 0.29) is 6.61 Å². The molecule has 1 saturated heterocycles. The number of rotatable bonds is 0. The monoisotopic (exact) mass is 156 g/mol. The molecule has 1 fully saturated rings. The third-order valence-corrected chi connectivity index (χ3v) is 2.39. The molecular formula is C2H2ClO4P. The van der Waals surface area contributed by atoms with Crippen molar-refractivity contribution in [1.82, 2.24) is 0 Å². The number of hydrogen-bond acceptors (Lipinski definition) is 4. The van der Waals surface area contributed by atoms with Crippen LogP contribution in [-0.2, 0) is 18.9 Å². The maximum Gasteiger partial charge on any atom is 0.383 e. The maximum absolute atomic E-state index is 10.4. The Hall–Kier alpha value is 0.110. The van der Waals surface area contributed by atoms with Crippen LogP contribution in [0.2, 0.25) is 0 Å². The molecule has 0 aromatic carbocycles. The second-order valence-electron chi connectivity index (χ2n) is 1.21. The van der Waals surface area contributed by atoms with E-state index in [0.29, 0.717) is 0 Å². The zero-order chi connectivity index (χ0) is 6.20. The standard InChI is InChI=1S/C2H2ClO4P/c3-8(5)2(4)1-6-7-8/h1H2. The second kappa shape index (κ2) is 1.81. The van der Waals surface area contributed by atoms with E-state index in [0.717, 1.165) is 0 Å². The Labute approximate surface area is 49.9 Å². The molecule has 4 nitrogen and oxygen atoms in total. The van der Waals surface area contributed by atoms with E-state index in [1.165, 1.54) is 0 Å². The molecule has 1 atom stereocenters. The highest BCUT2D eigenvalue weighted by Gasteiger charge is 2.38. The molecule has 1 rings (SSSR count). The van der Waals surface area contributed by atoms with Gasteiger partial charge in [-0.1, -0.05) is 0 Å². The lowest BCUT2D eigenvalue weighted by molar-refractivity contribution is -0.179. The summed E-state index contributed by atoms with van der Waals surface area (Å²) in [6.45, 7) is -3.83. The van der Waals surface area contributed by atoms with Crippen molar-refractivity contribution in [2.45, 2.75) is 0 Å². The van der Waals surface area contributed by atoms with Gasteiger partial charge in [0, 0.05) is 0 Å². The Kier molecular flexibility index (Phi) is 1.41. The summed E-state index contributed by atoms with van der Waals surface area (Å²) in [5, 5.41) is 0. The van der Waals surface area contributed by atoms with Crippen LogP contribution >= 0.6 is 18.0 Å². The van der Waals surface area contributed by atoms with Crippen molar-refractivity contribution < 1.29 is 18.9 Å². The fourth-order valence-corrected chi connectivity index (χ4v) is 1.01. The predicted molar refractivity (Wildman–Crippen MR) is 25.5 cm³/mol. The molecule has 0 saturated carbocycles. The molecular weight excluding hydrogens is 154 g/mol. The quantitative estimate of drug-likeness (QED) is 0.386. The Bertz CT molecular complexity index is 165. The first kappa shape index (κ1) is 6.23. The molecule has 0 aromatic rings. The summed E-state index contributed by atoms with van der Waals surface area (Å²) in [4.78, 5) is 14.3. The van der Waals surface area contributed by atoms with Crippen molar-refractivity contribution in [2.75, 3.05) is 6.61 Å². The van der Waals surface area contributed by atoms with Crippen molar-refractivity contribution in [3.8, 4) is 0 Å². The minimum Gasteiger partial charge on any atom is -0.284 e. The van der Waals surface area contributed by atoms with Gasteiger partial charge in [-0.15, -0.1) is 0 Å². The summed E-state index contributed by atoms with van der Waals surface area (Å²) in [5.74, 6) is 0. The Morgan fingerprint density at radius 3 is 2.50 bits per heavy atom. The molecule has 0 aliphatic carbocycles. The molecule has 0 radical (unpaired) electrons. The summed E-state index contributed by atoms with van der Waals surface area (Å²) in [5.41, 5.74) is -0.681. The van der Waals surface area contributed by atoms with Gasteiger partial charge in [0.25, 0.3) is 5.52 Å². The van der Waals surface area contributed by atoms with Crippen molar-refractivity contribution >= 4 is 23.5 Å². The van der Waals surface area contributed by atoms with E-state index in [1.807, 2.05) is 0 Å². The van der Waals surface area contributed by atoms with Gasteiger partial charge in [-0.3, -0.25) is 9.36 Å². The topological polar surface area (TPSA) is 52.6 Å². The van der Waals surface area contributed by atoms with Gasteiger partial charge >= 0.3 is 6.72 Å². The largest absolute Gasteiger partial charge is 0.383 e. The third-order valence-electron chi connectivity index (χ3n) is 0.629. The normalized spacial score (nSPS) is 38.4. The first-order valence-electron chi connectivity index (χ1n) is 1.77. The zero-order valence-corrected chi connectivity index (χ0v) is 5.32. The smallest absolute Gasteiger partial charge is 0.284 e. The highest BCUT2D eigenvalue weighted by atomic mass is 35.7. The van der Waals surface area contributed by atoms with Crippen molar-refractivity contribution in [3.05, 3.63) is 0 Å². The van der Waals surface area contributed by atoms with Crippen LogP contribution in [0.3, 0.4) is 0 Å². The molecule has 1 aliphatic rings. The van der Waals surface area contributed by atoms with Gasteiger partial charge in [0.2, 0.25) is 0 Å². The van der Waals surface area contributed by atoms with E-state index in [9.17, 15) is 9.36 Å². The fourth-order valence-electron chi connectivity index (χ4n) is 0.263. The molecule has 1 heterocycles. The van der Waals surface area contributed by atoms with Crippen LogP contribution in [-0.4, -0.2) is 12.1 Å². The van der Waals surface area contributed by atoms with Crippen LogP contribution in [0.15, 0.2) is 0 Å². The Morgan fingerprint density at radius 1 is 1.75 bits per heavy atom. The Balaban J connectivity index is 2.84. The molecule has 6 heteroatoms. The van der Waals surface area contributed by atoms with Crippen LogP contribution in [0.4, 0.5) is 0 Å². The number of halogens is 1. The number of hydrogen-bond donors (Lipinski definition) is 0. The van der Waals surface area contributed by atoms with Gasteiger partial charge in [-0.25, -0.2) is 4.89 Å². The van der Waals surface area contributed by atoms with Gasteiger partial charge in [0.05, 0.1) is 0 Å². The first-order chi connectivity index (χ1) is 3.63. The van der Waals surface area contributed by atoms with Crippen LogP contribution in [0, 0.1) is 0 Å². The van der Waals surface area contributed by atoms with E-state index >= 15 is 0 Å². The second-order valence-corrected chi connectivity index (χ2v) is 4.15. The van der Waals surface area contributed by atoms with E-state index in [2.05, 4.69) is 9.56 Å². The van der Waals surface area contributed by atoms with Crippen molar-refractivity contribution in [3.63, 3.8) is 0 Å².